The number of rotatable bonds is 25. The van der Waals surface area contributed by atoms with E-state index in [0.717, 1.165) is 43.4 Å². The Morgan fingerprint density at radius 3 is 1.48 bits per heavy atom. The van der Waals surface area contributed by atoms with Crippen LogP contribution in [0, 0.1) is 23.7 Å². The first-order valence-electron chi connectivity index (χ1n) is 14.8. The van der Waals surface area contributed by atoms with E-state index >= 15 is 0 Å². The summed E-state index contributed by atoms with van der Waals surface area (Å²) in [7, 11) is 0. The maximum atomic E-state index is 12.4. The summed E-state index contributed by atoms with van der Waals surface area (Å²) in [5, 5.41) is 0. The minimum atomic E-state index is -0.467. The van der Waals surface area contributed by atoms with Gasteiger partial charge in [-0.3, -0.25) is 9.59 Å². The first-order valence-corrected chi connectivity index (χ1v) is 14.8. The largest absolute Gasteiger partial charge is 0.299 e. The lowest BCUT2D eigenvalue weighted by Gasteiger charge is -2.15. The van der Waals surface area contributed by atoms with Crippen LogP contribution >= 0.6 is 0 Å². The molecule has 33 heavy (non-hydrogen) atoms. The Morgan fingerprint density at radius 1 is 0.576 bits per heavy atom. The molecule has 2 heteroatoms. The second-order valence-electron chi connectivity index (χ2n) is 11.2. The highest BCUT2D eigenvalue weighted by Crippen LogP contribution is 2.21. The van der Waals surface area contributed by atoms with E-state index in [4.69, 9.17) is 0 Å². The molecule has 0 aliphatic carbocycles. The maximum Gasteiger partial charge on any atom is 0.209 e. The number of ketones is 1. The second-order valence-corrected chi connectivity index (χ2v) is 11.2. The van der Waals surface area contributed by atoms with Crippen LogP contribution in [0.25, 0.3) is 0 Å². The Labute approximate surface area is 208 Å². The van der Waals surface area contributed by atoms with E-state index in [2.05, 4.69) is 34.6 Å². The van der Waals surface area contributed by atoms with Gasteiger partial charge in [0, 0.05) is 6.42 Å². The summed E-state index contributed by atoms with van der Waals surface area (Å²) >= 11 is 0. The molecule has 0 aromatic heterocycles. The minimum Gasteiger partial charge on any atom is -0.299 e. The van der Waals surface area contributed by atoms with Gasteiger partial charge in [-0.05, 0) is 37.0 Å². The zero-order chi connectivity index (χ0) is 24.7. The van der Waals surface area contributed by atoms with Crippen LogP contribution in [-0.2, 0) is 9.59 Å². The van der Waals surface area contributed by atoms with E-state index in [9.17, 15) is 9.59 Å². The van der Waals surface area contributed by atoms with Gasteiger partial charge in [0.1, 0.15) is 5.78 Å². The van der Waals surface area contributed by atoms with Gasteiger partial charge in [-0.25, -0.2) is 0 Å². The Bertz CT molecular complexity index is 444. The molecule has 0 saturated heterocycles. The number of carbonyl (C=O) groups excluding carboxylic acids is 2. The van der Waals surface area contributed by atoms with Crippen LogP contribution in [0.15, 0.2) is 0 Å². The van der Waals surface area contributed by atoms with Crippen molar-refractivity contribution < 1.29 is 9.59 Å². The van der Waals surface area contributed by atoms with Crippen molar-refractivity contribution >= 4 is 12.1 Å². The number of carbonyl (C=O) groups is 1. The summed E-state index contributed by atoms with van der Waals surface area (Å²) in [6.07, 6.45) is 26.0. The van der Waals surface area contributed by atoms with Crippen LogP contribution < -0.4 is 0 Å². The van der Waals surface area contributed by atoms with Crippen molar-refractivity contribution in [3.8, 4) is 0 Å². The molecule has 0 spiro atoms. The van der Waals surface area contributed by atoms with E-state index in [1.54, 1.807) is 0 Å². The highest BCUT2D eigenvalue weighted by Gasteiger charge is 2.17. The van der Waals surface area contributed by atoms with Gasteiger partial charge in [-0.1, -0.05) is 137 Å². The van der Waals surface area contributed by atoms with E-state index < -0.39 is 5.92 Å². The van der Waals surface area contributed by atoms with Gasteiger partial charge < -0.3 is 0 Å². The molecule has 0 bridgehead atoms. The van der Waals surface area contributed by atoms with Gasteiger partial charge in [0.05, 0.1) is 5.92 Å². The van der Waals surface area contributed by atoms with Gasteiger partial charge in [0.25, 0.3) is 0 Å². The Balaban J connectivity index is 3.60. The third kappa shape index (κ3) is 20.4. The first kappa shape index (κ1) is 32.3. The molecular formula is C31H59O2. The molecule has 0 aromatic carbocycles. The van der Waals surface area contributed by atoms with Crippen molar-refractivity contribution in [2.24, 2.45) is 23.7 Å². The highest BCUT2D eigenvalue weighted by molar-refractivity contribution is 5.93. The minimum absolute atomic E-state index is 0.133. The van der Waals surface area contributed by atoms with E-state index in [1.165, 1.54) is 89.9 Å². The van der Waals surface area contributed by atoms with Crippen molar-refractivity contribution in [1.82, 2.24) is 0 Å². The van der Waals surface area contributed by atoms with Crippen LogP contribution in [0.5, 0.6) is 0 Å². The summed E-state index contributed by atoms with van der Waals surface area (Å²) in [5.74, 6) is 2.24. The number of unbranched alkanes of at least 4 members (excludes halogenated alkanes) is 11. The third-order valence-electron chi connectivity index (χ3n) is 7.79. The van der Waals surface area contributed by atoms with Crippen molar-refractivity contribution in [1.29, 1.82) is 0 Å². The van der Waals surface area contributed by atoms with Gasteiger partial charge in [0.15, 0.2) is 0 Å². The van der Waals surface area contributed by atoms with E-state index in [0.29, 0.717) is 12.8 Å². The van der Waals surface area contributed by atoms with Gasteiger partial charge in [-0.15, -0.1) is 0 Å². The molecule has 195 valence electrons. The van der Waals surface area contributed by atoms with Crippen LogP contribution in [0.1, 0.15) is 163 Å². The summed E-state index contributed by atoms with van der Waals surface area (Å²) in [4.78, 5) is 23.6. The predicted molar refractivity (Wildman–Crippen MR) is 145 cm³/mol. The molecule has 0 rings (SSSR count). The van der Waals surface area contributed by atoms with Crippen LogP contribution in [0.3, 0.4) is 0 Å². The zero-order valence-corrected chi connectivity index (χ0v) is 23.3. The fraction of sp³-hybridized carbons (Fsp3) is 0.935. The maximum absolute atomic E-state index is 12.4. The highest BCUT2D eigenvalue weighted by atomic mass is 16.1. The quantitative estimate of drug-likeness (QED) is 0.0996. The molecule has 0 amide bonds. The van der Waals surface area contributed by atoms with Gasteiger partial charge >= 0.3 is 0 Å². The van der Waals surface area contributed by atoms with E-state index in [1.807, 2.05) is 6.29 Å². The average molecular weight is 464 g/mol. The summed E-state index contributed by atoms with van der Waals surface area (Å²) in [5.41, 5.74) is 0. The molecule has 0 fully saturated rings. The van der Waals surface area contributed by atoms with Crippen LogP contribution in [-0.4, -0.2) is 12.1 Å². The van der Waals surface area contributed by atoms with Crippen LogP contribution in [0.2, 0.25) is 0 Å². The molecular weight excluding hydrogens is 404 g/mol. The Morgan fingerprint density at radius 2 is 1.00 bits per heavy atom. The first-order chi connectivity index (χ1) is 15.9. The van der Waals surface area contributed by atoms with Crippen molar-refractivity contribution in [2.75, 3.05) is 0 Å². The standard InChI is InChI=1S/C31H59O2/c1-6-27(3)21-17-13-10-8-9-11-16-20-24-31(33)30(26-32)23-19-15-12-14-18-22-29(5)25-28(4)7-2/h27-30H,6-25H2,1-5H3. The van der Waals surface area contributed by atoms with E-state index in [-0.39, 0.29) is 5.78 Å². The van der Waals surface area contributed by atoms with Crippen LogP contribution in [0.4, 0.5) is 0 Å². The lowest BCUT2D eigenvalue weighted by molar-refractivity contribution is -0.121. The van der Waals surface area contributed by atoms with Gasteiger partial charge in [-0.2, -0.15) is 0 Å². The van der Waals surface area contributed by atoms with Crippen molar-refractivity contribution in [2.45, 2.75) is 163 Å². The third-order valence-corrected chi connectivity index (χ3v) is 7.79. The predicted octanol–water partition coefficient (Wildman–Crippen LogP) is 10.0. The number of hydrogen-bond acceptors (Lipinski definition) is 2. The molecule has 0 saturated carbocycles. The van der Waals surface area contributed by atoms with Crippen molar-refractivity contribution in [3.05, 3.63) is 0 Å². The average Bonchev–Trinajstić information content (AvgIpc) is 2.81. The number of Topliss-reactive ketones (excluding diaryl/α,β-unsaturated/α-hetero) is 1. The SMILES string of the molecule is CCC(C)CCCCCCCCCCC(=O)C([C]=O)CCCCCCCC(C)CC(C)CC. The molecule has 4 unspecified atom stereocenters. The Kier molecular flexibility index (Phi) is 22.6. The lowest BCUT2D eigenvalue weighted by Crippen LogP contribution is -2.15. The summed E-state index contributed by atoms with van der Waals surface area (Å²) < 4.78 is 0. The smallest absolute Gasteiger partial charge is 0.209 e. The van der Waals surface area contributed by atoms with Gasteiger partial charge in [0.2, 0.25) is 6.29 Å². The molecule has 0 aromatic rings. The fourth-order valence-electron chi connectivity index (χ4n) is 4.86. The zero-order valence-electron chi connectivity index (χ0n) is 23.3. The normalized spacial score (nSPS) is 15.2. The monoisotopic (exact) mass is 463 g/mol. The summed E-state index contributed by atoms with van der Waals surface area (Å²) in [6.45, 7) is 11.7. The molecule has 0 N–H and O–H groups in total. The number of hydrogen-bond donors (Lipinski definition) is 0. The lowest BCUT2D eigenvalue weighted by atomic mass is 9.91. The summed E-state index contributed by atoms with van der Waals surface area (Å²) in [6, 6.07) is 0. The Hall–Kier alpha value is -0.660. The van der Waals surface area contributed by atoms with Crippen molar-refractivity contribution in [3.63, 3.8) is 0 Å². The molecule has 2 nitrogen and oxygen atoms in total. The molecule has 0 heterocycles. The second kappa shape index (κ2) is 23.1. The molecule has 0 aliphatic heterocycles. The molecule has 0 aliphatic rings. The fourth-order valence-corrected chi connectivity index (χ4v) is 4.86. The molecule has 4 atom stereocenters. The molecule has 1 radical (unpaired) electrons. The topological polar surface area (TPSA) is 34.1 Å².